The van der Waals surface area contributed by atoms with E-state index in [2.05, 4.69) is 6.58 Å². The smallest absolute Gasteiger partial charge is 0.306 e. The van der Waals surface area contributed by atoms with Crippen LogP contribution in [0, 0.1) is 5.92 Å². The number of benzene rings is 2. The molecule has 0 aliphatic carbocycles. The molecule has 1 heterocycles. The third-order valence-corrected chi connectivity index (χ3v) is 8.37. The zero-order valence-electron chi connectivity index (χ0n) is 16.5. The lowest BCUT2D eigenvalue weighted by atomic mass is 10.1. The summed E-state index contributed by atoms with van der Waals surface area (Å²) in [6, 6.07) is 19.5. The lowest BCUT2D eigenvalue weighted by molar-refractivity contribution is -0.143. The summed E-state index contributed by atoms with van der Waals surface area (Å²) < 4.78 is 23.5. The van der Waals surface area contributed by atoms with Crippen LogP contribution in [0.4, 0.5) is 11.4 Å². The van der Waals surface area contributed by atoms with Crippen molar-refractivity contribution >= 4 is 24.8 Å². The molecule has 1 unspecified atom stereocenters. The molecule has 5 nitrogen and oxygen atoms in total. The zero-order valence-corrected chi connectivity index (χ0v) is 17.3. The molecule has 0 aromatic heterocycles. The first kappa shape index (κ1) is 20.2. The van der Waals surface area contributed by atoms with Gasteiger partial charge < -0.3 is 14.1 Å². The van der Waals surface area contributed by atoms with Crippen molar-refractivity contribution in [2.24, 2.45) is 5.92 Å². The van der Waals surface area contributed by atoms with Gasteiger partial charge in [0.05, 0.1) is 13.0 Å². The molecule has 0 N–H and O–H groups in total. The summed E-state index contributed by atoms with van der Waals surface area (Å²) in [6.45, 7) is 9.48. The second-order valence-corrected chi connectivity index (χ2v) is 9.49. The minimum atomic E-state index is -3.19. The van der Waals surface area contributed by atoms with E-state index in [0.29, 0.717) is 25.0 Å². The standard InChI is InChI=1S/C22H27N2O3P/c1-4-27-22(25)17-18(2)19(3)28(26)23(20-11-7-5-8-12-20)15-16-24(28)21-13-9-6-10-14-21/h5-14,18H,3-4,15-17H2,1-2H3. The number of allylic oxidation sites excluding steroid dienone is 1. The highest BCUT2D eigenvalue weighted by molar-refractivity contribution is 7.71. The van der Waals surface area contributed by atoms with E-state index in [1.54, 1.807) is 6.92 Å². The summed E-state index contributed by atoms with van der Waals surface area (Å²) in [5.41, 5.74) is 1.79. The highest BCUT2D eigenvalue weighted by atomic mass is 31.2. The van der Waals surface area contributed by atoms with Gasteiger partial charge in [-0.05, 0) is 37.1 Å². The predicted molar refractivity (Wildman–Crippen MR) is 115 cm³/mol. The largest absolute Gasteiger partial charge is 0.466 e. The molecule has 1 atom stereocenters. The Labute approximate surface area is 167 Å². The van der Waals surface area contributed by atoms with E-state index < -0.39 is 7.44 Å². The number of carbonyl (C=O) groups is 1. The molecule has 1 fully saturated rings. The molecule has 1 aliphatic rings. The summed E-state index contributed by atoms with van der Waals surface area (Å²) in [7, 11) is -3.19. The van der Waals surface area contributed by atoms with Crippen LogP contribution < -0.4 is 9.34 Å². The van der Waals surface area contributed by atoms with Gasteiger partial charge in [0.2, 0.25) is 0 Å². The Morgan fingerprint density at radius 1 is 1.04 bits per heavy atom. The van der Waals surface area contributed by atoms with Crippen molar-refractivity contribution in [3.8, 4) is 0 Å². The van der Waals surface area contributed by atoms with Crippen LogP contribution in [0.15, 0.2) is 72.6 Å². The first-order chi connectivity index (χ1) is 13.5. The molecule has 2 aromatic carbocycles. The second kappa shape index (κ2) is 8.66. The highest BCUT2D eigenvalue weighted by Crippen LogP contribution is 2.66. The number of hydrogen-bond donors (Lipinski definition) is 0. The van der Waals surface area contributed by atoms with Gasteiger partial charge in [-0.2, -0.15) is 0 Å². The van der Waals surface area contributed by atoms with Gasteiger partial charge in [-0.3, -0.25) is 9.36 Å². The minimum Gasteiger partial charge on any atom is -0.466 e. The molecule has 1 aliphatic heterocycles. The van der Waals surface area contributed by atoms with Gasteiger partial charge in [0.25, 0.3) is 7.44 Å². The third-order valence-electron chi connectivity index (χ3n) is 5.01. The number of nitrogens with zero attached hydrogens (tertiary/aromatic N) is 2. The summed E-state index contributed by atoms with van der Waals surface area (Å²) in [6.07, 6.45) is 0.169. The van der Waals surface area contributed by atoms with Crippen molar-refractivity contribution in [2.75, 3.05) is 29.0 Å². The average molecular weight is 398 g/mol. The van der Waals surface area contributed by atoms with Crippen LogP contribution in [-0.2, 0) is 14.1 Å². The average Bonchev–Trinajstić information content (AvgIpc) is 3.07. The third kappa shape index (κ3) is 3.85. The van der Waals surface area contributed by atoms with Crippen molar-refractivity contribution in [2.45, 2.75) is 20.3 Å². The Morgan fingerprint density at radius 2 is 1.50 bits per heavy atom. The summed E-state index contributed by atoms with van der Waals surface area (Å²) in [5.74, 6) is -0.556. The molecule has 6 heteroatoms. The first-order valence-corrected chi connectivity index (χ1v) is 11.2. The maximum Gasteiger partial charge on any atom is 0.306 e. The molecule has 0 radical (unpaired) electrons. The van der Waals surface area contributed by atoms with Crippen molar-refractivity contribution in [1.82, 2.24) is 0 Å². The summed E-state index contributed by atoms with van der Waals surface area (Å²) in [4.78, 5) is 12.0. The minimum absolute atomic E-state index is 0.169. The molecule has 0 spiro atoms. The number of ether oxygens (including phenoxy) is 1. The van der Waals surface area contributed by atoms with Gasteiger partial charge in [0.1, 0.15) is 0 Å². The van der Waals surface area contributed by atoms with E-state index >= 15 is 0 Å². The maximum atomic E-state index is 14.6. The van der Waals surface area contributed by atoms with Crippen molar-refractivity contribution in [1.29, 1.82) is 0 Å². The molecule has 148 valence electrons. The van der Waals surface area contributed by atoms with E-state index in [1.165, 1.54) is 0 Å². The lowest BCUT2D eigenvalue weighted by Gasteiger charge is -2.35. The van der Waals surface area contributed by atoms with Crippen LogP contribution in [0.25, 0.3) is 0 Å². The van der Waals surface area contributed by atoms with Crippen LogP contribution in [0.5, 0.6) is 0 Å². The monoisotopic (exact) mass is 398 g/mol. The van der Waals surface area contributed by atoms with Gasteiger partial charge in [0.15, 0.2) is 0 Å². The number of carbonyl (C=O) groups excluding carboxylic acids is 1. The van der Waals surface area contributed by atoms with Gasteiger partial charge >= 0.3 is 5.97 Å². The first-order valence-electron chi connectivity index (χ1n) is 9.59. The van der Waals surface area contributed by atoms with Crippen LogP contribution in [0.2, 0.25) is 0 Å². The normalized spacial score (nSPS) is 16.6. The van der Waals surface area contributed by atoms with Gasteiger partial charge in [0, 0.05) is 29.8 Å². The Kier molecular flexibility index (Phi) is 6.25. The predicted octanol–water partition coefficient (Wildman–Crippen LogP) is 5.31. The fourth-order valence-corrected chi connectivity index (χ4v) is 6.71. The second-order valence-electron chi connectivity index (χ2n) is 6.86. The van der Waals surface area contributed by atoms with E-state index in [-0.39, 0.29) is 18.3 Å². The van der Waals surface area contributed by atoms with Crippen LogP contribution in [0.1, 0.15) is 20.3 Å². The lowest BCUT2D eigenvalue weighted by Crippen LogP contribution is -2.23. The Morgan fingerprint density at radius 3 is 1.93 bits per heavy atom. The Balaban J connectivity index is 1.98. The number of para-hydroxylation sites is 2. The number of anilines is 2. The Hall–Kier alpha value is -2.52. The fraction of sp³-hybridized carbons (Fsp3) is 0.318. The number of hydrogen-bond acceptors (Lipinski definition) is 3. The van der Waals surface area contributed by atoms with Gasteiger partial charge in [-0.1, -0.05) is 49.9 Å². The zero-order chi connectivity index (χ0) is 20.1. The summed E-state index contributed by atoms with van der Waals surface area (Å²) >= 11 is 0. The van der Waals surface area contributed by atoms with Gasteiger partial charge in [-0.15, -0.1) is 0 Å². The molecule has 3 rings (SSSR count). The molecule has 1 saturated heterocycles. The SMILES string of the molecule is C=C(C(C)CC(=O)OCC)P1(=O)N(c2ccccc2)CCN1c1ccccc1. The van der Waals surface area contributed by atoms with Crippen molar-refractivity contribution in [3.63, 3.8) is 0 Å². The van der Waals surface area contributed by atoms with Crippen LogP contribution >= 0.6 is 7.44 Å². The highest BCUT2D eigenvalue weighted by Gasteiger charge is 2.47. The van der Waals surface area contributed by atoms with Crippen molar-refractivity contribution < 1.29 is 14.1 Å². The number of rotatable bonds is 7. The Bertz CT molecular complexity index is 818. The van der Waals surface area contributed by atoms with Crippen LogP contribution in [-0.4, -0.2) is 25.7 Å². The number of esters is 1. The van der Waals surface area contributed by atoms with Crippen LogP contribution in [0.3, 0.4) is 0 Å². The van der Waals surface area contributed by atoms with E-state index in [1.807, 2.05) is 76.9 Å². The van der Waals surface area contributed by atoms with Gasteiger partial charge in [-0.25, -0.2) is 0 Å². The molecule has 0 amide bonds. The fourth-order valence-electron chi connectivity index (χ4n) is 3.55. The van der Waals surface area contributed by atoms with E-state index in [0.717, 1.165) is 11.4 Å². The van der Waals surface area contributed by atoms with E-state index in [9.17, 15) is 9.36 Å². The summed E-state index contributed by atoms with van der Waals surface area (Å²) in [5, 5.41) is 0.575. The molecule has 2 aromatic rings. The maximum absolute atomic E-state index is 14.6. The molecule has 0 bridgehead atoms. The van der Waals surface area contributed by atoms with E-state index in [4.69, 9.17) is 4.74 Å². The molecular weight excluding hydrogens is 371 g/mol. The molecule has 28 heavy (non-hydrogen) atoms. The topological polar surface area (TPSA) is 49.9 Å². The molecule has 0 saturated carbocycles. The molecular formula is C22H27N2O3P. The quantitative estimate of drug-likeness (QED) is 0.467. The van der Waals surface area contributed by atoms with Crippen molar-refractivity contribution in [3.05, 3.63) is 72.6 Å².